The van der Waals surface area contributed by atoms with Crippen molar-refractivity contribution in [1.29, 1.82) is 5.26 Å². The van der Waals surface area contributed by atoms with Crippen molar-refractivity contribution in [3.63, 3.8) is 0 Å². The van der Waals surface area contributed by atoms with Gasteiger partial charge in [0.15, 0.2) is 0 Å². The van der Waals surface area contributed by atoms with Gasteiger partial charge in [-0.25, -0.2) is 18.0 Å². The summed E-state index contributed by atoms with van der Waals surface area (Å²) in [6.07, 6.45) is -2.95. The Hall–Kier alpha value is -3.75. The molecule has 0 spiro atoms. The number of aromatic nitrogens is 2. The van der Waals surface area contributed by atoms with Crippen LogP contribution in [0.2, 0.25) is 10.0 Å². The number of halogens is 5. The smallest absolute Gasteiger partial charge is 0.322 e. The van der Waals surface area contributed by atoms with Crippen LogP contribution in [-0.2, 0) is 6.54 Å². The first-order valence-electron chi connectivity index (χ1n) is 10.0. The van der Waals surface area contributed by atoms with Crippen molar-refractivity contribution < 1.29 is 22.8 Å². The zero-order chi connectivity index (χ0) is 25.4. The molecule has 8 nitrogen and oxygen atoms in total. The monoisotopic (exact) mass is 522 g/mol. The molecule has 1 aliphatic heterocycles. The van der Waals surface area contributed by atoms with Gasteiger partial charge in [-0.2, -0.15) is 10.4 Å². The molecule has 180 valence electrons. The van der Waals surface area contributed by atoms with Crippen LogP contribution >= 0.6 is 23.2 Å². The van der Waals surface area contributed by atoms with E-state index in [2.05, 4.69) is 10.4 Å². The number of carbonyl (C=O) groups excluding carboxylic acids is 2. The highest BCUT2D eigenvalue weighted by Crippen LogP contribution is 2.35. The van der Waals surface area contributed by atoms with Crippen molar-refractivity contribution in [3.8, 4) is 17.3 Å². The second kappa shape index (κ2) is 9.48. The quantitative estimate of drug-likeness (QED) is 0.510. The summed E-state index contributed by atoms with van der Waals surface area (Å²) in [4.78, 5) is 26.3. The summed E-state index contributed by atoms with van der Waals surface area (Å²) in [5, 5.41) is 15.5. The number of amides is 3. The Morgan fingerprint density at radius 2 is 1.94 bits per heavy atom. The Balaban J connectivity index is 1.72. The largest absolute Gasteiger partial charge is 0.365 e. The fourth-order valence-electron chi connectivity index (χ4n) is 3.78. The van der Waals surface area contributed by atoms with Crippen LogP contribution in [0.4, 0.5) is 23.7 Å². The Bertz CT molecular complexity index is 1390. The number of rotatable bonds is 4. The second-order valence-electron chi connectivity index (χ2n) is 7.63. The number of nitrogens with zero attached hydrogens (tertiary/aromatic N) is 4. The minimum absolute atomic E-state index is 0.00231. The summed E-state index contributed by atoms with van der Waals surface area (Å²) in [6.45, 7) is -0.691. The van der Waals surface area contributed by atoms with E-state index in [1.165, 1.54) is 30.3 Å². The van der Waals surface area contributed by atoms with E-state index >= 15 is 0 Å². The summed E-state index contributed by atoms with van der Waals surface area (Å²) in [6, 6.07) is 7.28. The van der Waals surface area contributed by atoms with E-state index in [4.69, 9.17) is 34.2 Å². The van der Waals surface area contributed by atoms with Gasteiger partial charge < -0.3 is 16.0 Å². The van der Waals surface area contributed by atoms with Crippen LogP contribution < -0.4 is 11.1 Å². The van der Waals surface area contributed by atoms with Crippen molar-refractivity contribution in [3.05, 3.63) is 69.1 Å². The van der Waals surface area contributed by atoms with Gasteiger partial charge in [0.05, 0.1) is 40.0 Å². The third-order valence-electron chi connectivity index (χ3n) is 5.43. The van der Waals surface area contributed by atoms with Crippen LogP contribution in [0.25, 0.3) is 11.3 Å². The molecule has 0 fully saturated rings. The molecule has 0 radical (unpaired) electrons. The first-order chi connectivity index (χ1) is 16.6. The molecule has 0 saturated heterocycles. The van der Waals surface area contributed by atoms with Crippen LogP contribution in [-0.4, -0.2) is 39.6 Å². The maximum absolute atomic E-state index is 14.0. The Kier molecular flexibility index (Phi) is 6.60. The topological polar surface area (TPSA) is 117 Å². The normalized spacial score (nSPS) is 15.0. The van der Waals surface area contributed by atoms with Gasteiger partial charge in [0.25, 0.3) is 12.3 Å². The number of nitrogens with one attached hydrogen (secondary N) is 1. The van der Waals surface area contributed by atoms with Gasteiger partial charge in [0.1, 0.15) is 23.6 Å². The lowest BCUT2D eigenvalue weighted by molar-refractivity contribution is 0.0444. The summed E-state index contributed by atoms with van der Waals surface area (Å²) in [5.41, 5.74) is 5.95. The fourth-order valence-corrected chi connectivity index (χ4v) is 4.18. The van der Waals surface area contributed by atoms with E-state index in [0.29, 0.717) is 0 Å². The number of nitriles is 1. The Morgan fingerprint density at radius 1 is 1.20 bits per heavy atom. The molecular formula is C22H15Cl2F3N6O2. The van der Waals surface area contributed by atoms with E-state index < -0.39 is 36.8 Å². The van der Waals surface area contributed by atoms with Crippen molar-refractivity contribution in [2.24, 2.45) is 5.73 Å². The number of anilines is 1. The average Bonchev–Trinajstić information content (AvgIpc) is 3.20. The number of benzene rings is 2. The molecule has 4 rings (SSSR count). The molecule has 3 aromatic rings. The minimum Gasteiger partial charge on any atom is -0.365 e. The highest BCUT2D eigenvalue weighted by atomic mass is 35.5. The molecule has 1 atom stereocenters. The maximum atomic E-state index is 14.0. The Labute approximate surface area is 206 Å². The maximum Gasteiger partial charge on any atom is 0.322 e. The van der Waals surface area contributed by atoms with Gasteiger partial charge in [-0.15, -0.1) is 0 Å². The molecule has 0 unspecified atom stereocenters. The number of primary amides is 1. The third kappa shape index (κ3) is 4.62. The summed E-state index contributed by atoms with van der Waals surface area (Å²) in [7, 11) is 0. The van der Waals surface area contributed by atoms with Crippen molar-refractivity contribution in [2.45, 2.75) is 19.0 Å². The van der Waals surface area contributed by atoms with E-state index in [1.54, 1.807) is 0 Å². The predicted molar refractivity (Wildman–Crippen MR) is 122 cm³/mol. The second-order valence-corrected chi connectivity index (χ2v) is 8.44. The number of hydrogen-bond donors (Lipinski definition) is 2. The first-order valence-corrected chi connectivity index (χ1v) is 10.8. The molecule has 2 aromatic carbocycles. The average molecular weight is 523 g/mol. The van der Waals surface area contributed by atoms with E-state index in [-0.39, 0.29) is 50.4 Å². The van der Waals surface area contributed by atoms with Gasteiger partial charge in [-0.3, -0.25) is 9.48 Å². The minimum atomic E-state index is -2.95. The zero-order valence-corrected chi connectivity index (χ0v) is 19.1. The van der Waals surface area contributed by atoms with Crippen LogP contribution in [0.1, 0.15) is 27.7 Å². The number of carbonyl (C=O) groups is 2. The highest BCUT2D eigenvalue weighted by molar-refractivity contribution is 6.32. The third-order valence-corrected chi connectivity index (χ3v) is 6.03. The summed E-state index contributed by atoms with van der Waals surface area (Å²) < 4.78 is 42.6. The van der Waals surface area contributed by atoms with Crippen LogP contribution in [0, 0.1) is 17.1 Å². The SMILES string of the molecule is N#Cc1ccc(NC(=O)N2Cc3c(C(N)=O)c(-c4ccc(F)c(Cl)c4)nn3[C@@H](C(F)F)C2)cc1Cl. The number of alkyl halides is 2. The molecule has 13 heteroatoms. The molecule has 1 aliphatic rings. The first kappa shape index (κ1) is 24.4. The van der Waals surface area contributed by atoms with Gasteiger partial charge in [0, 0.05) is 11.3 Å². The van der Waals surface area contributed by atoms with Gasteiger partial charge in [-0.05, 0) is 36.4 Å². The lowest BCUT2D eigenvalue weighted by atomic mass is 10.0. The predicted octanol–water partition coefficient (Wildman–Crippen LogP) is 4.82. The molecule has 0 aliphatic carbocycles. The molecular weight excluding hydrogens is 508 g/mol. The standard InChI is InChI=1S/C22H15Cl2F3N6O2/c23-13-6-12(3-1-11(13)7-28)30-22(35)32-8-16-18(21(29)34)19(10-2-4-15(25)14(24)5-10)31-33(16)17(9-32)20(26)27/h1-6,17,20H,8-9H2,(H2,29,34)(H,30,35)/t17-/m1/s1. The van der Waals surface area contributed by atoms with Gasteiger partial charge in [-0.1, -0.05) is 23.2 Å². The van der Waals surface area contributed by atoms with Crippen LogP contribution in [0.3, 0.4) is 0 Å². The lowest BCUT2D eigenvalue weighted by Gasteiger charge is -2.33. The van der Waals surface area contributed by atoms with Crippen molar-refractivity contribution >= 4 is 40.8 Å². The van der Waals surface area contributed by atoms with E-state index in [0.717, 1.165) is 15.6 Å². The zero-order valence-electron chi connectivity index (χ0n) is 17.6. The number of urea groups is 1. The van der Waals surface area contributed by atoms with Crippen molar-refractivity contribution in [2.75, 3.05) is 11.9 Å². The molecule has 1 aromatic heterocycles. The number of fused-ring (bicyclic) bond motifs is 1. The Morgan fingerprint density at radius 3 is 2.54 bits per heavy atom. The van der Waals surface area contributed by atoms with E-state index in [9.17, 15) is 22.8 Å². The molecule has 3 amide bonds. The van der Waals surface area contributed by atoms with Crippen molar-refractivity contribution in [1.82, 2.24) is 14.7 Å². The molecule has 0 bridgehead atoms. The number of hydrogen-bond acceptors (Lipinski definition) is 4. The van der Waals surface area contributed by atoms with Crippen LogP contribution in [0.15, 0.2) is 36.4 Å². The number of nitrogens with two attached hydrogens (primary N) is 1. The highest BCUT2D eigenvalue weighted by Gasteiger charge is 2.38. The molecule has 2 heterocycles. The molecule has 0 saturated carbocycles. The fraction of sp³-hybridized carbons (Fsp3) is 0.182. The lowest BCUT2D eigenvalue weighted by Crippen LogP contribution is -2.45. The summed E-state index contributed by atoms with van der Waals surface area (Å²) >= 11 is 11.8. The van der Waals surface area contributed by atoms with Gasteiger partial charge >= 0.3 is 6.03 Å². The van der Waals surface area contributed by atoms with Crippen LogP contribution in [0.5, 0.6) is 0 Å². The molecule has 3 N–H and O–H groups in total. The van der Waals surface area contributed by atoms with Gasteiger partial charge in [0.2, 0.25) is 0 Å². The molecule has 35 heavy (non-hydrogen) atoms. The summed E-state index contributed by atoms with van der Waals surface area (Å²) in [5.74, 6) is -1.67. The van der Waals surface area contributed by atoms with E-state index in [1.807, 2.05) is 6.07 Å².